The molecular formula is C18H12ClN3S. The molecule has 2 heterocycles. The summed E-state index contributed by atoms with van der Waals surface area (Å²) in [6.45, 7) is 0. The van der Waals surface area contributed by atoms with Gasteiger partial charge in [0, 0.05) is 16.1 Å². The Bertz CT molecular complexity index is 967. The number of anilines is 2. The van der Waals surface area contributed by atoms with Crippen molar-refractivity contribution in [2.24, 2.45) is 0 Å². The lowest BCUT2D eigenvalue weighted by Gasteiger charge is -2.09. The molecule has 0 radical (unpaired) electrons. The van der Waals surface area contributed by atoms with Crippen molar-refractivity contribution in [3.63, 3.8) is 0 Å². The summed E-state index contributed by atoms with van der Waals surface area (Å²) in [6, 6.07) is 15.9. The molecule has 1 N–H and O–H groups in total. The van der Waals surface area contributed by atoms with E-state index in [-0.39, 0.29) is 0 Å². The zero-order valence-corrected chi connectivity index (χ0v) is 13.6. The topological polar surface area (TPSA) is 37.8 Å². The molecule has 0 aliphatic heterocycles. The summed E-state index contributed by atoms with van der Waals surface area (Å²) in [6.07, 6.45) is 1.57. The Morgan fingerprint density at radius 1 is 0.957 bits per heavy atom. The van der Waals surface area contributed by atoms with Gasteiger partial charge < -0.3 is 5.32 Å². The molecule has 0 unspecified atom stereocenters. The zero-order chi connectivity index (χ0) is 15.6. The van der Waals surface area contributed by atoms with Gasteiger partial charge in [-0.25, -0.2) is 9.97 Å². The minimum atomic E-state index is 0.687. The molecular weight excluding hydrogens is 326 g/mol. The van der Waals surface area contributed by atoms with E-state index in [1.165, 1.54) is 5.56 Å². The Labute approximate surface area is 142 Å². The van der Waals surface area contributed by atoms with Gasteiger partial charge in [-0.2, -0.15) is 11.3 Å². The standard InChI is InChI=1S/C18H12ClN3S/c19-14-2-1-3-15(9-14)22-18-16-8-12(13-6-7-23-10-13)4-5-17(16)20-11-21-18/h1-11H,(H,20,21,22). The third kappa shape index (κ3) is 2.91. The van der Waals surface area contributed by atoms with E-state index in [0.717, 1.165) is 28.0 Å². The Kier molecular flexibility index (Phi) is 3.69. The van der Waals surface area contributed by atoms with Gasteiger partial charge in [-0.3, -0.25) is 0 Å². The Hall–Kier alpha value is -2.43. The first kappa shape index (κ1) is 14.2. The molecule has 3 nitrogen and oxygen atoms in total. The van der Waals surface area contributed by atoms with Crippen LogP contribution in [0.5, 0.6) is 0 Å². The van der Waals surface area contributed by atoms with Crippen molar-refractivity contribution in [2.45, 2.75) is 0 Å². The minimum absolute atomic E-state index is 0.687. The van der Waals surface area contributed by atoms with Crippen molar-refractivity contribution in [3.8, 4) is 11.1 Å². The van der Waals surface area contributed by atoms with Crippen molar-refractivity contribution in [3.05, 3.63) is 70.6 Å². The number of hydrogen-bond donors (Lipinski definition) is 1. The predicted octanol–water partition coefficient (Wildman–Crippen LogP) is 5.76. The minimum Gasteiger partial charge on any atom is -0.340 e. The van der Waals surface area contributed by atoms with Gasteiger partial charge in [-0.1, -0.05) is 23.7 Å². The van der Waals surface area contributed by atoms with Crippen LogP contribution in [0.15, 0.2) is 65.6 Å². The van der Waals surface area contributed by atoms with Gasteiger partial charge in [-0.05, 0) is 58.3 Å². The Morgan fingerprint density at radius 2 is 1.91 bits per heavy atom. The summed E-state index contributed by atoms with van der Waals surface area (Å²) in [7, 11) is 0. The van der Waals surface area contributed by atoms with E-state index >= 15 is 0 Å². The van der Waals surface area contributed by atoms with Crippen molar-refractivity contribution in [2.75, 3.05) is 5.32 Å². The van der Waals surface area contributed by atoms with Gasteiger partial charge in [0.1, 0.15) is 12.1 Å². The van der Waals surface area contributed by atoms with Crippen molar-refractivity contribution in [1.29, 1.82) is 0 Å². The third-order valence-corrected chi connectivity index (χ3v) is 4.50. The number of thiophene rings is 1. The second-order valence-corrected chi connectivity index (χ2v) is 6.32. The number of halogens is 1. The molecule has 0 aliphatic carbocycles. The average Bonchev–Trinajstić information content (AvgIpc) is 3.09. The summed E-state index contributed by atoms with van der Waals surface area (Å²) in [5.41, 5.74) is 4.17. The number of rotatable bonds is 3. The van der Waals surface area contributed by atoms with Crippen LogP contribution in [0.3, 0.4) is 0 Å². The molecule has 2 aromatic heterocycles. The molecule has 0 aliphatic rings. The van der Waals surface area contributed by atoms with Crippen LogP contribution in [0.25, 0.3) is 22.0 Å². The maximum atomic E-state index is 6.05. The van der Waals surface area contributed by atoms with Crippen LogP contribution in [-0.2, 0) is 0 Å². The summed E-state index contributed by atoms with van der Waals surface area (Å²) in [5, 5.41) is 9.21. The molecule has 4 aromatic rings. The molecule has 0 spiro atoms. The normalized spacial score (nSPS) is 10.8. The van der Waals surface area contributed by atoms with Crippen molar-refractivity contribution >= 4 is 45.3 Å². The molecule has 23 heavy (non-hydrogen) atoms. The van der Waals surface area contributed by atoms with Gasteiger partial charge in [0.05, 0.1) is 5.52 Å². The van der Waals surface area contributed by atoms with Crippen LogP contribution < -0.4 is 5.32 Å². The summed E-state index contributed by atoms with van der Waals surface area (Å²) >= 11 is 7.74. The number of fused-ring (bicyclic) bond motifs is 1. The molecule has 0 amide bonds. The summed E-state index contributed by atoms with van der Waals surface area (Å²) in [5.74, 6) is 0.773. The van der Waals surface area contributed by atoms with Crippen LogP contribution in [0.1, 0.15) is 0 Å². The van der Waals surface area contributed by atoms with E-state index in [1.54, 1.807) is 17.7 Å². The quantitative estimate of drug-likeness (QED) is 0.516. The van der Waals surface area contributed by atoms with Crippen LogP contribution >= 0.6 is 22.9 Å². The van der Waals surface area contributed by atoms with E-state index < -0.39 is 0 Å². The molecule has 0 fully saturated rings. The highest BCUT2D eigenvalue weighted by Crippen LogP contribution is 2.29. The SMILES string of the molecule is Clc1cccc(Nc2ncnc3ccc(-c4ccsc4)cc23)c1. The highest BCUT2D eigenvalue weighted by atomic mass is 35.5. The Balaban J connectivity index is 1.81. The lowest BCUT2D eigenvalue weighted by atomic mass is 10.1. The molecule has 5 heteroatoms. The van der Waals surface area contributed by atoms with Crippen molar-refractivity contribution < 1.29 is 0 Å². The molecule has 4 rings (SSSR count). The first-order valence-electron chi connectivity index (χ1n) is 7.09. The van der Waals surface area contributed by atoms with Gasteiger partial charge >= 0.3 is 0 Å². The van der Waals surface area contributed by atoms with E-state index in [9.17, 15) is 0 Å². The number of benzene rings is 2. The smallest absolute Gasteiger partial charge is 0.141 e. The van der Waals surface area contributed by atoms with E-state index in [2.05, 4.69) is 44.2 Å². The molecule has 2 aromatic carbocycles. The molecule has 0 saturated carbocycles. The van der Waals surface area contributed by atoms with Gasteiger partial charge in [-0.15, -0.1) is 0 Å². The monoisotopic (exact) mass is 337 g/mol. The van der Waals surface area contributed by atoms with Crippen LogP contribution in [0.4, 0.5) is 11.5 Å². The van der Waals surface area contributed by atoms with E-state index in [0.29, 0.717) is 5.02 Å². The van der Waals surface area contributed by atoms with Crippen LogP contribution in [0.2, 0.25) is 5.02 Å². The largest absolute Gasteiger partial charge is 0.340 e. The number of nitrogens with zero attached hydrogens (tertiary/aromatic N) is 2. The molecule has 0 atom stereocenters. The maximum Gasteiger partial charge on any atom is 0.141 e. The lowest BCUT2D eigenvalue weighted by molar-refractivity contribution is 1.22. The highest BCUT2D eigenvalue weighted by Gasteiger charge is 2.07. The van der Waals surface area contributed by atoms with E-state index in [1.807, 2.05) is 30.3 Å². The van der Waals surface area contributed by atoms with E-state index in [4.69, 9.17) is 11.6 Å². The summed E-state index contributed by atoms with van der Waals surface area (Å²) in [4.78, 5) is 8.74. The van der Waals surface area contributed by atoms with Gasteiger partial charge in [0.25, 0.3) is 0 Å². The number of aromatic nitrogens is 2. The fourth-order valence-corrected chi connectivity index (χ4v) is 3.32. The maximum absolute atomic E-state index is 6.05. The third-order valence-electron chi connectivity index (χ3n) is 3.58. The second kappa shape index (κ2) is 5.99. The second-order valence-electron chi connectivity index (χ2n) is 5.10. The fraction of sp³-hybridized carbons (Fsp3) is 0. The molecule has 112 valence electrons. The first-order chi connectivity index (χ1) is 11.3. The Morgan fingerprint density at radius 3 is 2.74 bits per heavy atom. The number of hydrogen-bond acceptors (Lipinski definition) is 4. The number of nitrogens with one attached hydrogen (secondary N) is 1. The first-order valence-corrected chi connectivity index (χ1v) is 8.41. The van der Waals surface area contributed by atoms with Crippen molar-refractivity contribution in [1.82, 2.24) is 9.97 Å². The van der Waals surface area contributed by atoms with Gasteiger partial charge in [0.15, 0.2) is 0 Å². The van der Waals surface area contributed by atoms with Crippen LogP contribution in [0, 0.1) is 0 Å². The van der Waals surface area contributed by atoms with Gasteiger partial charge in [0.2, 0.25) is 0 Å². The predicted molar refractivity (Wildman–Crippen MR) is 97.6 cm³/mol. The highest BCUT2D eigenvalue weighted by molar-refractivity contribution is 7.08. The lowest BCUT2D eigenvalue weighted by Crippen LogP contribution is -1.96. The fourth-order valence-electron chi connectivity index (χ4n) is 2.47. The van der Waals surface area contributed by atoms with Crippen LogP contribution in [-0.4, -0.2) is 9.97 Å². The molecule has 0 saturated heterocycles. The average molecular weight is 338 g/mol. The summed E-state index contributed by atoms with van der Waals surface area (Å²) < 4.78 is 0. The zero-order valence-electron chi connectivity index (χ0n) is 12.0. The molecule has 0 bridgehead atoms.